The van der Waals surface area contributed by atoms with Gasteiger partial charge in [0.25, 0.3) is 0 Å². The Hall–Kier alpha value is -0.810. The summed E-state index contributed by atoms with van der Waals surface area (Å²) in [6.07, 6.45) is 2.03. The van der Waals surface area contributed by atoms with Crippen molar-refractivity contribution in [3.63, 3.8) is 0 Å². The predicted octanol–water partition coefficient (Wildman–Crippen LogP) is 2.15. The molecule has 0 saturated carbocycles. The molecule has 2 aliphatic rings. The number of hydrogen-bond acceptors (Lipinski definition) is 4. The lowest BCUT2D eigenvalue weighted by Crippen LogP contribution is -2.52. The van der Waals surface area contributed by atoms with Gasteiger partial charge < -0.3 is 19.9 Å². The Morgan fingerprint density at radius 1 is 1.40 bits per heavy atom. The number of rotatable bonds is 4. The average Bonchev–Trinajstić information content (AvgIpc) is 2.60. The first-order valence-electron chi connectivity index (χ1n) is 7.07. The van der Waals surface area contributed by atoms with E-state index >= 15 is 0 Å². The van der Waals surface area contributed by atoms with Gasteiger partial charge in [-0.1, -0.05) is 17.7 Å². The number of fused-ring (bicyclic) bond motifs is 1. The number of ether oxygens (including phenoxy) is 2. The van der Waals surface area contributed by atoms with Gasteiger partial charge in [-0.2, -0.15) is 0 Å². The molecule has 0 spiro atoms. The number of hydrogen-bond donors (Lipinski definition) is 2. The molecule has 2 heterocycles. The minimum atomic E-state index is -0.111. The van der Waals surface area contributed by atoms with Crippen LogP contribution in [0.15, 0.2) is 18.2 Å². The zero-order chi connectivity index (χ0) is 14.0. The third-order valence-electron chi connectivity index (χ3n) is 4.12. The largest absolute Gasteiger partial charge is 0.493 e. The Labute approximate surface area is 124 Å². The van der Waals surface area contributed by atoms with E-state index < -0.39 is 0 Å². The highest BCUT2D eigenvalue weighted by Crippen LogP contribution is 2.35. The van der Waals surface area contributed by atoms with Gasteiger partial charge in [-0.05, 0) is 25.0 Å². The SMILES string of the molecule is OCC1(CNC2CCCOc3cc(Cl)ccc32)COC1. The third kappa shape index (κ3) is 2.79. The molecule has 2 N–H and O–H groups in total. The average molecular weight is 298 g/mol. The quantitative estimate of drug-likeness (QED) is 0.894. The fraction of sp³-hybridized carbons (Fsp3) is 0.600. The van der Waals surface area contributed by atoms with Crippen molar-refractivity contribution in [3.05, 3.63) is 28.8 Å². The lowest BCUT2D eigenvalue weighted by molar-refractivity contribution is -0.135. The van der Waals surface area contributed by atoms with Crippen LogP contribution in [-0.4, -0.2) is 38.1 Å². The van der Waals surface area contributed by atoms with Crippen molar-refractivity contribution in [1.29, 1.82) is 0 Å². The van der Waals surface area contributed by atoms with Gasteiger partial charge in [0.15, 0.2) is 0 Å². The van der Waals surface area contributed by atoms with Crippen LogP contribution in [-0.2, 0) is 4.74 Å². The van der Waals surface area contributed by atoms with Gasteiger partial charge in [-0.25, -0.2) is 0 Å². The van der Waals surface area contributed by atoms with E-state index in [1.54, 1.807) is 0 Å². The molecule has 2 aliphatic heterocycles. The molecular weight excluding hydrogens is 278 g/mol. The highest BCUT2D eigenvalue weighted by molar-refractivity contribution is 6.30. The lowest BCUT2D eigenvalue weighted by atomic mass is 9.86. The minimum Gasteiger partial charge on any atom is -0.493 e. The third-order valence-corrected chi connectivity index (χ3v) is 4.36. The maximum absolute atomic E-state index is 9.49. The molecule has 0 amide bonds. The van der Waals surface area contributed by atoms with Crippen LogP contribution in [0.4, 0.5) is 0 Å². The maximum atomic E-state index is 9.49. The Morgan fingerprint density at radius 2 is 2.25 bits per heavy atom. The molecule has 110 valence electrons. The normalized spacial score (nSPS) is 24.2. The Bertz CT molecular complexity index is 471. The number of benzene rings is 1. The number of aliphatic hydroxyl groups is 1. The summed E-state index contributed by atoms with van der Waals surface area (Å²) in [5.74, 6) is 0.871. The molecule has 20 heavy (non-hydrogen) atoms. The van der Waals surface area contributed by atoms with Crippen LogP contribution in [0.2, 0.25) is 5.02 Å². The summed E-state index contributed by atoms with van der Waals surface area (Å²) >= 11 is 6.03. The number of nitrogens with one attached hydrogen (secondary N) is 1. The molecule has 1 atom stereocenters. The van der Waals surface area contributed by atoms with Gasteiger partial charge in [0.1, 0.15) is 5.75 Å². The van der Waals surface area contributed by atoms with Crippen molar-refractivity contribution >= 4 is 11.6 Å². The zero-order valence-corrected chi connectivity index (χ0v) is 12.2. The molecule has 0 aliphatic carbocycles. The topological polar surface area (TPSA) is 50.7 Å². The van der Waals surface area contributed by atoms with Crippen molar-refractivity contribution < 1.29 is 14.6 Å². The van der Waals surface area contributed by atoms with Crippen LogP contribution in [0, 0.1) is 5.41 Å². The molecule has 5 heteroatoms. The zero-order valence-electron chi connectivity index (χ0n) is 11.4. The molecule has 1 unspecified atom stereocenters. The van der Waals surface area contributed by atoms with E-state index in [1.165, 1.54) is 0 Å². The summed E-state index contributed by atoms with van der Waals surface area (Å²) in [5.41, 5.74) is 1.04. The second-order valence-electron chi connectivity index (χ2n) is 5.76. The summed E-state index contributed by atoms with van der Waals surface area (Å²) in [6.45, 7) is 2.91. The monoisotopic (exact) mass is 297 g/mol. The van der Waals surface area contributed by atoms with E-state index in [9.17, 15) is 5.11 Å². The van der Waals surface area contributed by atoms with Crippen LogP contribution >= 0.6 is 11.6 Å². The Kier molecular flexibility index (Phi) is 4.17. The van der Waals surface area contributed by atoms with Crippen molar-refractivity contribution in [2.45, 2.75) is 18.9 Å². The Morgan fingerprint density at radius 3 is 2.95 bits per heavy atom. The van der Waals surface area contributed by atoms with E-state index in [0.29, 0.717) is 18.2 Å². The van der Waals surface area contributed by atoms with Gasteiger partial charge in [-0.15, -0.1) is 0 Å². The molecule has 1 saturated heterocycles. The summed E-state index contributed by atoms with van der Waals surface area (Å²) in [5, 5.41) is 13.8. The molecule has 0 bridgehead atoms. The lowest BCUT2D eigenvalue weighted by Gasteiger charge is -2.41. The predicted molar refractivity (Wildman–Crippen MR) is 77.3 cm³/mol. The summed E-state index contributed by atoms with van der Waals surface area (Å²) in [6, 6.07) is 6.06. The minimum absolute atomic E-state index is 0.111. The number of halogens is 1. The van der Waals surface area contributed by atoms with E-state index in [2.05, 4.69) is 5.32 Å². The van der Waals surface area contributed by atoms with Crippen molar-refractivity contribution in [1.82, 2.24) is 5.32 Å². The smallest absolute Gasteiger partial charge is 0.125 e. The van der Waals surface area contributed by atoms with E-state index in [0.717, 1.165) is 37.3 Å². The van der Waals surface area contributed by atoms with Crippen LogP contribution < -0.4 is 10.1 Å². The summed E-state index contributed by atoms with van der Waals surface area (Å²) < 4.78 is 11.0. The first-order valence-corrected chi connectivity index (χ1v) is 7.44. The van der Waals surface area contributed by atoms with Gasteiger partial charge in [0.2, 0.25) is 0 Å². The highest BCUT2D eigenvalue weighted by Gasteiger charge is 2.38. The molecule has 0 radical (unpaired) electrons. The molecule has 3 rings (SSSR count). The fourth-order valence-electron chi connectivity index (χ4n) is 2.74. The molecular formula is C15H20ClNO3. The first kappa shape index (κ1) is 14.1. The van der Waals surface area contributed by atoms with E-state index in [1.807, 2.05) is 18.2 Å². The number of aliphatic hydroxyl groups excluding tert-OH is 1. The first-order chi connectivity index (χ1) is 9.72. The second-order valence-corrected chi connectivity index (χ2v) is 6.19. The standard InChI is InChI=1S/C15H20ClNO3/c16-11-3-4-12-13(2-1-5-20-14(12)6-11)17-7-15(8-18)9-19-10-15/h3-4,6,13,17-18H,1-2,5,7-10H2. The molecule has 1 aromatic carbocycles. The van der Waals surface area contributed by atoms with Gasteiger partial charge in [0.05, 0.1) is 31.8 Å². The summed E-state index contributed by atoms with van der Waals surface area (Å²) in [4.78, 5) is 0. The van der Waals surface area contributed by atoms with E-state index in [4.69, 9.17) is 21.1 Å². The Balaban J connectivity index is 1.73. The van der Waals surface area contributed by atoms with Crippen molar-refractivity contribution in [2.75, 3.05) is 33.0 Å². The molecule has 0 aromatic heterocycles. The fourth-order valence-corrected chi connectivity index (χ4v) is 2.90. The second kappa shape index (κ2) is 5.90. The van der Waals surface area contributed by atoms with Crippen LogP contribution in [0.1, 0.15) is 24.4 Å². The van der Waals surface area contributed by atoms with Crippen LogP contribution in [0.25, 0.3) is 0 Å². The van der Waals surface area contributed by atoms with Gasteiger partial charge >= 0.3 is 0 Å². The maximum Gasteiger partial charge on any atom is 0.125 e. The van der Waals surface area contributed by atoms with Gasteiger partial charge in [-0.3, -0.25) is 0 Å². The highest BCUT2D eigenvalue weighted by atomic mass is 35.5. The summed E-state index contributed by atoms with van der Waals surface area (Å²) in [7, 11) is 0. The van der Waals surface area contributed by atoms with Crippen molar-refractivity contribution in [2.24, 2.45) is 5.41 Å². The van der Waals surface area contributed by atoms with Crippen LogP contribution in [0.3, 0.4) is 0 Å². The van der Waals surface area contributed by atoms with Crippen LogP contribution in [0.5, 0.6) is 5.75 Å². The van der Waals surface area contributed by atoms with Crippen molar-refractivity contribution in [3.8, 4) is 5.75 Å². The molecule has 1 fully saturated rings. The van der Waals surface area contributed by atoms with E-state index in [-0.39, 0.29) is 18.1 Å². The molecule has 4 nitrogen and oxygen atoms in total. The van der Waals surface area contributed by atoms with Gasteiger partial charge in [0, 0.05) is 23.2 Å². The molecule has 1 aromatic rings.